The molecule has 0 spiro atoms. The Labute approximate surface area is 76.7 Å². The van der Waals surface area contributed by atoms with Crippen molar-refractivity contribution in [2.24, 2.45) is 0 Å². The zero-order chi connectivity index (χ0) is 8.15. The maximum absolute atomic E-state index is 4.35. The molecule has 0 aliphatic rings. The van der Waals surface area contributed by atoms with Crippen LogP contribution in [0, 0.1) is 0 Å². The van der Waals surface area contributed by atoms with Gasteiger partial charge in [-0.15, -0.1) is 7.92 Å². The first-order valence-corrected chi connectivity index (χ1v) is 6.76. The van der Waals surface area contributed by atoms with Crippen LogP contribution in [0.25, 0.3) is 0 Å². The van der Waals surface area contributed by atoms with E-state index in [1.165, 1.54) is 12.3 Å². The standard InChI is InChI=1S/C7H17PS2/c1-6(9)4-8(3)5-7(2)10/h6-7,9-10H,4-5H2,1-3H3. The van der Waals surface area contributed by atoms with Crippen LogP contribution in [0.15, 0.2) is 0 Å². The van der Waals surface area contributed by atoms with Crippen LogP contribution >= 0.6 is 33.2 Å². The minimum Gasteiger partial charge on any atom is -0.176 e. The number of hydrogen-bond donors (Lipinski definition) is 2. The summed E-state index contributed by atoms with van der Waals surface area (Å²) < 4.78 is 0. The highest BCUT2D eigenvalue weighted by Crippen LogP contribution is 2.34. The molecule has 10 heavy (non-hydrogen) atoms. The lowest BCUT2D eigenvalue weighted by Crippen LogP contribution is -2.04. The van der Waals surface area contributed by atoms with Crippen molar-refractivity contribution in [2.45, 2.75) is 24.3 Å². The van der Waals surface area contributed by atoms with Crippen molar-refractivity contribution in [3.05, 3.63) is 0 Å². The molecule has 0 saturated heterocycles. The third-order valence-corrected chi connectivity index (χ3v) is 4.44. The quantitative estimate of drug-likeness (QED) is 0.501. The van der Waals surface area contributed by atoms with Gasteiger partial charge in [0, 0.05) is 10.5 Å². The maximum atomic E-state index is 4.35. The summed E-state index contributed by atoms with van der Waals surface area (Å²) in [6, 6.07) is 0. The van der Waals surface area contributed by atoms with Gasteiger partial charge in [0.05, 0.1) is 0 Å². The third-order valence-electron chi connectivity index (χ3n) is 1.15. The van der Waals surface area contributed by atoms with Crippen LogP contribution in [0.1, 0.15) is 13.8 Å². The first-order chi connectivity index (χ1) is 4.52. The van der Waals surface area contributed by atoms with Crippen molar-refractivity contribution < 1.29 is 0 Å². The van der Waals surface area contributed by atoms with Gasteiger partial charge in [-0.05, 0) is 19.0 Å². The zero-order valence-corrected chi connectivity index (χ0v) is 9.59. The molecule has 0 radical (unpaired) electrons. The highest BCUT2D eigenvalue weighted by atomic mass is 32.1. The van der Waals surface area contributed by atoms with E-state index in [4.69, 9.17) is 0 Å². The highest BCUT2D eigenvalue weighted by Gasteiger charge is 2.06. The van der Waals surface area contributed by atoms with Crippen molar-refractivity contribution in [1.82, 2.24) is 0 Å². The number of thiol groups is 2. The average molecular weight is 196 g/mol. The first kappa shape index (κ1) is 11.1. The third kappa shape index (κ3) is 7.24. The molecule has 0 saturated carbocycles. The van der Waals surface area contributed by atoms with Gasteiger partial charge in [0.25, 0.3) is 0 Å². The molecule has 0 N–H and O–H groups in total. The Morgan fingerprint density at radius 1 is 1.10 bits per heavy atom. The Morgan fingerprint density at radius 2 is 1.40 bits per heavy atom. The number of hydrogen-bond acceptors (Lipinski definition) is 2. The van der Waals surface area contributed by atoms with Crippen LogP contribution < -0.4 is 0 Å². The monoisotopic (exact) mass is 196 g/mol. The molecule has 0 aliphatic carbocycles. The predicted molar refractivity (Wildman–Crippen MR) is 59.5 cm³/mol. The molecule has 0 amide bonds. The van der Waals surface area contributed by atoms with E-state index >= 15 is 0 Å². The van der Waals surface area contributed by atoms with Gasteiger partial charge in [-0.2, -0.15) is 25.3 Å². The fourth-order valence-electron chi connectivity index (χ4n) is 0.977. The second-order valence-electron chi connectivity index (χ2n) is 2.92. The molecule has 0 fully saturated rings. The molecule has 0 aromatic heterocycles. The second-order valence-corrected chi connectivity index (χ2v) is 7.12. The summed E-state index contributed by atoms with van der Waals surface area (Å²) in [6.45, 7) is 6.64. The number of rotatable bonds is 4. The molecule has 0 nitrogen and oxygen atoms in total. The van der Waals surface area contributed by atoms with E-state index in [-0.39, 0.29) is 7.92 Å². The largest absolute Gasteiger partial charge is 0.176 e. The van der Waals surface area contributed by atoms with Gasteiger partial charge in [-0.25, -0.2) is 0 Å². The summed E-state index contributed by atoms with van der Waals surface area (Å²) in [4.78, 5) is 0. The Hall–Kier alpha value is 1.13. The van der Waals surface area contributed by atoms with Gasteiger partial charge < -0.3 is 0 Å². The minimum absolute atomic E-state index is 0.188. The molecule has 0 aliphatic heterocycles. The van der Waals surface area contributed by atoms with Gasteiger partial charge in [-0.3, -0.25) is 0 Å². The smallest absolute Gasteiger partial charge is 0.00276 e. The molecule has 2 atom stereocenters. The van der Waals surface area contributed by atoms with Crippen LogP contribution in [0.5, 0.6) is 0 Å². The Bertz CT molecular complexity index is 73.7. The topological polar surface area (TPSA) is 0 Å². The lowest BCUT2D eigenvalue weighted by Gasteiger charge is -2.15. The van der Waals surface area contributed by atoms with Crippen molar-refractivity contribution in [3.63, 3.8) is 0 Å². The summed E-state index contributed by atoms with van der Waals surface area (Å²) in [7, 11) is 0.188. The lowest BCUT2D eigenvalue weighted by molar-refractivity contribution is 1.09. The Kier molecular flexibility index (Phi) is 6.39. The zero-order valence-electron chi connectivity index (χ0n) is 6.91. The van der Waals surface area contributed by atoms with Crippen LogP contribution in [-0.2, 0) is 0 Å². The Morgan fingerprint density at radius 3 is 1.60 bits per heavy atom. The summed E-state index contributed by atoms with van der Waals surface area (Å²) in [5.74, 6) is 0. The van der Waals surface area contributed by atoms with E-state index < -0.39 is 0 Å². The summed E-state index contributed by atoms with van der Waals surface area (Å²) in [5, 5.41) is 1.12. The molecule has 2 unspecified atom stereocenters. The normalized spacial score (nSPS) is 20.1. The fourth-order valence-corrected chi connectivity index (χ4v) is 4.60. The van der Waals surface area contributed by atoms with Crippen molar-refractivity contribution in [3.8, 4) is 0 Å². The van der Waals surface area contributed by atoms with E-state index in [2.05, 4.69) is 45.8 Å². The molecule has 0 bridgehead atoms. The molecule has 3 heteroatoms. The van der Waals surface area contributed by atoms with Gasteiger partial charge in [0.15, 0.2) is 0 Å². The van der Waals surface area contributed by atoms with Gasteiger partial charge >= 0.3 is 0 Å². The van der Waals surface area contributed by atoms with Crippen LogP contribution in [-0.4, -0.2) is 29.5 Å². The van der Waals surface area contributed by atoms with E-state index in [1.54, 1.807) is 0 Å². The molecule has 0 rings (SSSR count). The van der Waals surface area contributed by atoms with Gasteiger partial charge in [0.2, 0.25) is 0 Å². The van der Waals surface area contributed by atoms with Crippen molar-refractivity contribution in [2.75, 3.05) is 19.0 Å². The molecule has 62 valence electrons. The second kappa shape index (κ2) is 5.74. The van der Waals surface area contributed by atoms with E-state index in [1.807, 2.05) is 0 Å². The van der Waals surface area contributed by atoms with Gasteiger partial charge in [-0.1, -0.05) is 13.8 Å². The summed E-state index contributed by atoms with van der Waals surface area (Å²) in [5.41, 5.74) is 0. The predicted octanol–water partition coefficient (Wildman–Crippen LogP) is 2.73. The minimum atomic E-state index is 0.188. The van der Waals surface area contributed by atoms with E-state index in [0.717, 1.165) is 0 Å². The van der Waals surface area contributed by atoms with Crippen LogP contribution in [0.4, 0.5) is 0 Å². The van der Waals surface area contributed by atoms with E-state index in [9.17, 15) is 0 Å². The van der Waals surface area contributed by atoms with Gasteiger partial charge in [0.1, 0.15) is 0 Å². The van der Waals surface area contributed by atoms with Crippen LogP contribution in [0.2, 0.25) is 0 Å². The molecule has 0 aromatic rings. The Balaban J connectivity index is 3.34. The molecule has 0 aromatic carbocycles. The van der Waals surface area contributed by atoms with E-state index in [0.29, 0.717) is 10.5 Å². The lowest BCUT2D eigenvalue weighted by atomic mass is 10.5. The fraction of sp³-hybridized carbons (Fsp3) is 1.00. The summed E-state index contributed by atoms with van der Waals surface area (Å²) in [6.07, 6.45) is 2.53. The average Bonchev–Trinajstić information content (AvgIpc) is 1.58. The SMILES string of the molecule is CC(S)CP(C)CC(C)S. The highest BCUT2D eigenvalue weighted by molar-refractivity contribution is 7.82. The first-order valence-electron chi connectivity index (χ1n) is 3.57. The molecular weight excluding hydrogens is 179 g/mol. The van der Waals surface area contributed by atoms with Crippen molar-refractivity contribution >= 4 is 33.2 Å². The van der Waals surface area contributed by atoms with Crippen LogP contribution in [0.3, 0.4) is 0 Å². The molecular formula is C7H17PS2. The molecule has 0 heterocycles. The maximum Gasteiger partial charge on any atom is 0.00276 e. The van der Waals surface area contributed by atoms with Crippen molar-refractivity contribution in [1.29, 1.82) is 0 Å². The summed E-state index contributed by atoms with van der Waals surface area (Å²) >= 11 is 8.70.